The van der Waals surface area contributed by atoms with Gasteiger partial charge in [-0.25, -0.2) is 0 Å². The van der Waals surface area contributed by atoms with Crippen LogP contribution in [0.15, 0.2) is 48.6 Å². The van der Waals surface area contributed by atoms with Crippen molar-refractivity contribution in [1.82, 2.24) is 5.32 Å². The number of allylic oxidation sites excluding steroid dienone is 7. The molecule has 0 rings (SSSR count). The Morgan fingerprint density at radius 1 is 0.427 bits per heavy atom. The number of esters is 1. The van der Waals surface area contributed by atoms with Gasteiger partial charge < -0.3 is 28.5 Å². The Bertz CT molecular complexity index is 1540. The molecule has 0 radical (unpaired) electrons. The fourth-order valence-corrected chi connectivity index (χ4v) is 11.2. The number of phosphoric acid groups is 1. The number of carbonyl (C=O) groups excluding carboxylic acids is 2. The van der Waals surface area contributed by atoms with E-state index >= 15 is 0 Å². The summed E-state index contributed by atoms with van der Waals surface area (Å²) in [6, 6.07) is -0.888. The van der Waals surface area contributed by atoms with E-state index in [0.717, 1.165) is 64.2 Å². The molecule has 0 spiro atoms. The van der Waals surface area contributed by atoms with E-state index in [2.05, 4.69) is 62.5 Å². The third kappa shape index (κ3) is 62.5. The number of nitrogens with one attached hydrogen (secondary N) is 1. The molecule has 3 unspecified atom stereocenters. The molecule has 0 aliphatic rings. The van der Waals surface area contributed by atoms with Crippen LogP contribution in [-0.2, 0) is 27.9 Å². The summed E-state index contributed by atoms with van der Waals surface area (Å²) in [4.78, 5) is 40.2. The van der Waals surface area contributed by atoms with E-state index in [-0.39, 0.29) is 31.5 Å². The van der Waals surface area contributed by atoms with Gasteiger partial charge in [0.15, 0.2) is 0 Å². The van der Waals surface area contributed by atoms with E-state index in [9.17, 15) is 19.0 Å². The van der Waals surface area contributed by atoms with Crippen LogP contribution in [0, 0.1) is 0 Å². The molecule has 0 aliphatic heterocycles. The van der Waals surface area contributed by atoms with Gasteiger partial charge >= 0.3 is 5.97 Å². The lowest BCUT2D eigenvalue weighted by molar-refractivity contribution is -0.870. The number of amides is 1. The molecule has 0 bridgehead atoms. The highest BCUT2D eigenvalue weighted by atomic mass is 31.2. The molecule has 1 amide bonds. The molecule has 9 nitrogen and oxygen atoms in total. The first-order valence-electron chi connectivity index (χ1n) is 35.4. The van der Waals surface area contributed by atoms with Gasteiger partial charge in [0.1, 0.15) is 19.3 Å². The average Bonchev–Trinajstić information content (AvgIpc) is 3.47. The Morgan fingerprint density at radius 2 is 0.744 bits per heavy atom. The standard InChI is InChI=1S/C72H137N2O7P/c1-7-10-13-16-19-22-25-28-30-32-34-36-37-39-40-42-44-46-49-52-55-58-61-64-71(75)73-69(68-80-82(77,78)79-67-66-74(4,5)6)70(63-60-57-54-51-48-27-24-21-18-15-12-9-3)81-72(76)65-62-59-56-53-50-47-45-43-41-38-35-33-31-29-26-23-20-17-14-11-8-2/h19,22,28-31,60,63,69-70H,7-18,20-21,23-27,32-59,61-62,64-68H2,1-6H3,(H-,73,75,77,78)/b22-19-,30-28-,31-29+,63-60+. The van der Waals surface area contributed by atoms with E-state index in [1.54, 1.807) is 0 Å². The summed E-state index contributed by atoms with van der Waals surface area (Å²) in [6.07, 6.45) is 78.0. The predicted molar refractivity (Wildman–Crippen MR) is 353 cm³/mol. The van der Waals surface area contributed by atoms with E-state index in [0.29, 0.717) is 17.4 Å². The second kappa shape index (κ2) is 62.0. The highest BCUT2D eigenvalue weighted by molar-refractivity contribution is 7.45. The van der Waals surface area contributed by atoms with Gasteiger partial charge in [0.25, 0.3) is 7.82 Å². The van der Waals surface area contributed by atoms with E-state index < -0.39 is 20.0 Å². The van der Waals surface area contributed by atoms with Crippen molar-refractivity contribution in [3.63, 3.8) is 0 Å². The summed E-state index contributed by atoms with van der Waals surface area (Å²) in [5.74, 6) is -0.528. The topological polar surface area (TPSA) is 114 Å². The zero-order valence-electron chi connectivity index (χ0n) is 55.2. The van der Waals surface area contributed by atoms with Gasteiger partial charge in [-0.2, -0.15) is 0 Å². The maximum absolute atomic E-state index is 13.6. The number of carbonyl (C=O) groups is 2. The molecule has 0 aromatic heterocycles. The molecule has 0 aliphatic carbocycles. The van der Waals surface area contributed by atoms with Crippen molar-refractivity contribution in [1.29, 1.82) is 0 Å². The van der Waals surface area contributed by atoms with Crippen LogP contribution >= 0.6 is 7.82 Å². The third-order valence-corrected chi connectivity index (χ3v) is 16.9. The Hall–Kier alpha value is -2.03. The number of phosphoric ester groups is 1. The molecule has 0 aromatic carbocycles. The fraction of sp³-hybridized carbons (Fsp3) is 0.861. The maximum Gasteiger partial charge on any atom is 0.306 e. The van der Waals surface area contributed by atoms with Crippen LogP contribution in [0.2, 0.25) is 0 Å². The van der Waals surface area contributed by atoms with Gasteiger partial charge in [0.05, 0.1) is 33.8 Å². The van der Waals surface area contributed by atoms with Gasteiger partial charge in [-0.1, -0.05) is 294 Å². The fourth-order valence-electron chi connectivity index (χ4n) is 10.5. The van der Waals surface area contributed by atoms with Gasteiger partial charge in [0, 0.05) is 12.8 Å². The van der Waals surface area contributed by atoms with Crippen LogP contribution in [-0.4, -0.2) is 69.4 Å². The molecule has 1 N–H and O–H groups in total. The Labute approximate surface area is 509 Å². The van der Waals surface area contributed by atoms with Crippen molar-refractivity contribution in [3.05, 3.63) is 48.6 Å². The number of hydrogen-bond donors (Lipinski definition) is 1. The largest absolute Gasteiger partial charge is 0.756 e. The summed E-state index contributed by atoms with van der Waals surface area (Å²) in [6.45, 7) is 6.86. The highest BCUT2D eigenvalue weighted by Crippen LogP contribution is 2.38. The van der Waals surface area contributed by atoms with Crippen molar-refractivity contribution in [3.8, 4) is 0 Å². The lowest BCUT2D eigenvalue weighted by Crippen LogP contribution is -2.47. The summed E-state index contributed by atoms with van der Waals surface area (Å²) in [7, 11) is 1.20. The third-order valence-electron chi connectivity index (χ3n) is 16.0. The van der Waals surface area contributed by atoms with E-state index in [1.165, 1.54) is 250 Å². The Balaban J connectivity index is 5.06. The monoisotopic (exact) mass is 1170 g/mol. The van der Waals surface area contributed by atoms with Gasteiger partial charge in [-0.15, -0.1) is 0 Å². The van der Waals surface area contributed by atoms with E-state index in [1.807, 2.05) is 33.3 Å². The second-order valence-corrected chi connectivity index (χ2v) is 26.8. The minimum absolute atomic E-state index is 0.0212. The molecule has 82 heavy (non-hydrogen) atoms. The summed E-state index contributed by atoms with van der Waals surface area (Å²) >= 11 is 0. The normalized spacial score (nSPS) is 13.8. The summed E-state index contributed by atoms with van der Waals surface area (Å²) < 4.78 is 30.5. The summed E-state index contributed by atoms with van der Waals surface area (Å²) in [5.41, 5.74) is 0. The Morgan fingerprint density at radius 3 is 1.13 bits per heavy atom. The van der Waals surface area contributed by atoms with Crippen molar-refractivity contribution in [2.45, 2.75) is 360 Å². The van der Waals surface area contributed by atoms with Gasteiger partial charge in [-0.3, -0.25) is 14.2 Å². The first-order valence-corrected chi connectivity index (χ1v) is 36.9. The SMILES string of the molecule is CCCCC/C=C\C/C=C\CCCCCCCCCCCCCCCC(=O)NC(COP(=O)([O-])OCC[N+](C)(C)C)C(/C=C/CCCCCCCCCCCC)OC(=O)CCCCCCCCCCCCC/C=C/CCCCCCCC. The predicted octanol–water partition coefficient (Wildman–Crippen LogP) is 21.8. The zero-order chi connectivity index (χ0) is 60.0. The number of unbranched alkanes of at least 4 members (excludes halogenated alkanes) is 43. The second-order valence-electron chi connectivity index (χ2n) is 25.4. The smallest absolute Gasteiger partial charge is 0.306 e. The number of likely N-dealkylation sites (N-methyl/N-ethyl adjacent to an activating group) is 1. The van der Waals surface area contributed by atoms with Crippen LogP contribution in [0.5, 0.6) is 0 Å². The number of nitrogens with zero attached hydrogens (tertiary/aromatic N) is 1. The van der Waals surface area contributed by atoms with Crippen molar-refractivity contribution in [2.75, 3.05) is 40.9 Å². The minimum Gasteiger partial charge on any atom is -0.756 e. The highest BCUT2D eigenvalue weighted by Gasteiger charge is 2.27. The van der Waals surface area contributed by atoms with Crippen molar-refractivity contribution >= 4 is 19.7 Å². The average molecular weight is 1170 g/mol. The van der Waals surface area contributed by atoms with Crippen molar-refractivity contribution < 1.29 is 37.3 Å². The Kier molecular flexibility index (Phi) is 60.5. The molecule has 0 saturated carbocycles. The molecule has 0 aromatic rings. The van der Waals surface area contributed by atoms with Crippen LogP contribution < -0.4 is 10.2 Å². The molecule has 10 heteroatoms. The van der Waals surface area contributed by atoms with Crippen LogP contribution in [0.25, 0.3) is 0 Å². The van der Waals surface area contributed by atoms with Crippen LogP contribution in [0.3, 0.4) is 0 Å². The molecule has 482 valence electrons. The molecular weight excluding hydrogens is 1040 g/mol. The zero-order valence-corrected chi connectivity index (χ0v) is 56.1. The van der Waals surface area contributed by atoms with E-state index in [4.69, 9.17) is 13.8 Å². The summed E-state index contributed by atoms with van der Waals surface area (Å²) in [5, 5.41) is 3.05. The first kappa shape index (κ1) is 80.0. The lowest BCUT2D eigenvalue weighted by Gasteiger charge is -2.30. The molecule has 0 heterocycles. The quantitative estimate of drug-likeness (QED) is 0.0212. The maximum atomic E-state index is 13.6. The molecule has 3 atom stereocenters. The lowest BCUT2D eigenvalue weighted by atomic mass is 10.0. The number of ether oxygens (including phenoxy) is 1. The molecule has 0 saturated heterocycles. The van der Waals surface area contributed by atoms with Crippen molar-refractivity contribution in [2.24, 2.45) is 0 Å². The molecule has 0 fully saturated rings. The molecular formula is C72H137N2O7P. The minimum atomic E-state index is -4.70. The number of hydrogen-bond acceptors (Lipinski definition) is 7. The van der Waals surface area contributed by atoms with Crippen LogP contribution in [0.1, 0.15) is 348 Å². The number of rotatable bonds is 65. The van der Waals surface area contributed by atoms with Gasteiger partial charge in [-0.05, 0) is 89.5 Å². The first-order chi connectivity index (χ1) is 39.9. The van der Waals surface area contributed by atoms with Crippen LogP contribution in [0.4, 0.5) is 0 Å². The van der Waals surface area contributed by atoms with Gasteiger partial charge in [0.2, 0.25) is 5.91 Å². The number of quaternary nitrogens is 1.